The molecule has 3 rings (SSSR count). The van der Waals surface area contributed by atoms with Gasteiger partial charge in [-0.2, -0.15) is 0 Å². The Hall–Kier alpha value is -2.99. The average molecular weight is 365 g/mol. The first-order valence-corrected chi connectivity index (χ1v) is 9.30. The van der Waals surface area contributed by atoms with Crippen LogP contribution in [0.1, 0.15) is 23.0 Å². The third-order valence-corrected chi connectivity index (χ3v) is 4.89. The second-order valence-electron chi connectivity index (χ2n) is 5.70. The lowest BCUT2D eigenvalue weighted by Gasteiger charge is -2.09. The summed E-state index contributed by atoms with van der Waals surface area (Å²) in [5, 5.41) is 3.28. The Kier molecular flexibility index (Phi) is 5.76. The number of hydrogen-bond acceptors (Lipinski definition) is 4. The minimum absolute atomic E-state index is 0.00599. The molecule has 1 unspecified atom stereocenters. The molecule has 0 amide bonds. The Morgan fingerprint density at radius 2 is 1.65 bits per heavy atom. The van der Waals surface area contributed by atoms with Crippen molar-refractivity contribution < 1.29 is 9.00 Å². The van der Waals surface area contributed by atoms with Crippen molar-refractivity contribution >= 4 is 28.1 Å². The van der Waals surface area contributed by atoms with Crippen LogP contribution in [0, 0.1) is 0 Å². The summed E-state index contributed by atoms with van der Waals surface area (Å²) in [6.45, 7) is 2.15. The van der Waals surface area contributed by atoms with Crippen molar-refractivity contribution in [3.05, 3.63) is 84.2 Å². The topological polar surface area (TPSA) is 71.1 Å². The Bertz CT molecular complexity index is 895. The molecule has 0 saturated heterocycles. The molecule has 2 aromatic carbocycles. The molecular weight excluding hydrogens is 346 g/mol. The number of aromatic nitrogens is 1. The van der Waals surface area contributed by atoms with Gasteiger partial charge in [0.2, 0.25) is 0 Å². The quantitative estimate of drug-likeness (QED) is 0.620. The number of benzene rings is 2. The normalized spacial score (nSPS) is 11.6. The van der Waals surface area contributed by atoms with Gasteiger partial charge < -0.3 is 10.0 Å². The maximum absolute atomic E-state index is 12.4. The van der Waals surface area contributed by atoms with Gasteiger partial charge >= 0.3 is 0 Å². The van der Waals surface area contributed by atoms with Crippen molar-refractivity contribution in [2.75, 3.05) is 10.0 Å². The molecule has 3 aromatic rings. The smallest absolute Gasteiger partial charge is 0.159 e. The standard InChI is InChI=1S/C20H19N3O2S/c1-15(24)16-5-7-18(8-6-16)23-26(25)20-11-9-17(10-12-20)22-14-19-4-2-3-13-21-19/h2-13,22-23H,14H2,1H3. The molecule has 0 aliphatic carbocycles. The van der Waals surface area contributed by atoms with Crippen molar-refractivity contribution in [3.8, 4) is 0 Å². The van der Waals surface area contributed by atoms with Gasteiger partial charge in [-0.15, -0.1) is 0 Å². The summed E-state index contributed by atoms with van der Waals surface area (Å²) in [5.41, 5.74) is 3.22. The van der Waals surface area contributed by atoms with Crippen LogP contribution in [-0.2, 0) is 17.5 Å². The maximum atomic E-state index is 12.4. The van der Waals surface area contributed by atoms with Gasteiger partial charge in [0.05, 0.1) is 17.1 Å². The lowest BCUT2D eigenvalue weighted by molar-refractivity contribution is 0.101. The predicted octanol–water partition coefficient (Wildman–Crippen LogP) is 4.03. The van der Waals surface area contributed by atoms with Crippen LogP contribution in [0.15, 0.2) is 77.8 Å². The molecule has 6 heteroatoms. The molecule has 1 heterocycles. The first-order valence-electron chi connectivity index (χ1n) is 8.15. The Labute approximate surface area is 155 Å². The van der Waals surface area contributed by atoms with Crippen molar-refractivity contribution in [2.45, 2.75) is 18.4 Å². The monoisotopic (exact) mass is 365 g/mol. The number of Topliss-reactive ketones (excluding diaryl/α,β-unsaturated/α-hetero) is 1. The van der Waals surface area contributed by atoms with Crippen LogP contribution < -0.4 is 10.0 Å². The molecular formula is C20H19N3O2S. The van der Waals surface area contributed by atoms with E-state index in [2.05, 4.69) is 15.0 Å². The Balaban J connectivity index is 1.58. The van der Waals surface area contributed by atoms with E-state index in [1.165, 1.54) is 6.92 Å². The van der Waals surface area contributed by atoms with Gasteiger partial charge in [-0.25, -0.2) is 4.21 Å². The molecule has 0 spiro atoms. The molecule has 0 bridgehead atoms. The van der Waals surface area contributed by atoms with Gasteiger partial charge in [-0.05, 0) is 67.6 Å². The molecule has 1 atom stereocenters. The number of pyridine rings is 1. The third kappa shape index (κ3) is 4.77. The van der Waals surface area contributed by atoms with E-state index in [1.54, 1.807) is 30.5 Å². The Morgan fingerprint density at radius 1 is 0.962 bits per heavy atom. The van der Waals surface area contributed by atoms with Gasteiger partial charge in [-0.1, -0.05) is 6.07 Å². The fraction of sp³-hybridized carbons (Fsp3) is 0.100. The molecule has 132 valence electrons. The van der Waals surface area contributed by atoms with E-state index < -0.39 is 11.0 Å². The van der Waals surface area contributed by atoms with Crippen LogP contribution in [0.4, 0.5) is 11.4 Å². The minimum atomic E-state index is -1.37. The highest BCUT2D eigenvalue weighted by Gasteiger charge is 2.05. The van der Waals surface area contributed by atoms with Gasteiger partial charge in [0.15, 0.2) is 5.78 Å². The number of anilines is 2. The Morgan fingerprint density at radius 3 is 2.27 bits per heavy atom. The van der Waals surface area contributed by atoms with E-state index in [1.807, 2.05) is 42.5 Å². The zero-order valence-electron chi connectivity index (χ0n) is 14.3. The van der Waals surface area contributed by atoms with Crippen molar-refractivity contribution in [3.63, 3.8) is 0 Å². The van der Waals surface area contributed by atoms with Crippen LogP contribution in [-0.4, -0.2) is 15.0 Å². The summed E-state index contributed by atoms with van der Waals surface area (Å²) in [6.07, 6.45) is 1.76. The van der Waals surface area contributed by atoms with E-state index in [4.69, 9.17) is 0 Å². The average Bonchev–Trinajstić information content (AvgIpc) is 2.68. The van der Waals surface area contributed by atoms with Gasteiger partial charge in [0.25, 0.3) is 0 Å². The van der Waals surface area contributed by atoms with E-state index >= 15 is 0 Å². The zero-order chi connectivity index (χ0) is 18.4. The number of rotatable bonds is 7. The second-order valence-corrected chi connectivity index (χ2v) is 6.92. The number of carbonyl (C=O) groups excluding carboxylic acids is 1. The summed E-state index contributed by atoms with van der Waals surface area (Å²) in [4.78, 5) is 16.2. The summed E-state index contributed by atoms with van der Waals surface area (Å²) < 4.78 is 15.4. The second kappa shape index (κ2) is 8.40. The lowest BCUT2D eigenvalue weighted by Crippen LogP contribution is -2.05. The fourth-order valence-electron chi connectivity index (χ4n) is 2.33. The molecule has 0 saturated carbocycles. The molecule has 2 N–H and O–H groups in total. The summed E-state index contributed by atoms with van der Waals surface area (Å²) in [6, 6.07) is 20.1. The first-order chi connectivity index (χ1) is 12.6. The van der Waals surface area contributed by atoms with Gasteiger partial charge in [0.1, 0.15) is 11.0 Å². The minimum Gasteiger partial charge on any atom is -0.379 e. The van der Waals surface area contributed by atoms with Crippen LogP contribution >= 0.6 is 0 Å². The van der Waals surface area contributed by atoms with E-state index in [-0.39, 0.29) is 5.78 Å². The summed E-state index contributed by atoms with van der Waals surface area (Å²) >= 11 is 0. The van der Waals surface area contributed by atoms with Crippen LogP contribution in [0.3, 0.4) is 0 Å². The highest BCUT2D eigenvalue weighted by atomic mass is 32.2. The highest BCUT2D eigenvalue weighted by Crippen LogP contribution is 2.17. The number of carbonyl (C=O) groups is 1. The van der Waals surface area contributed by atoms with E-state index in [0.29, 0.717) is 22.7 Å². The van der Waals surface area contributed by atoms with Crippen molar-refractivity contribution in [2.24, 2.45) is 0 Å². The van der Waals surface area contributed by atoms with E-state index in [9.17, 15) is 9.00 Å². The molecule has 0 radical (unpaired) electrons. The first kappa shape index (κ1) is 17.8. The number of nitrogens with one attached hydrogen (secondary N) is 2. The van der Waals surface area contributed by atoms with Gasteiger partial charge in [0, 0.05) is 23.1 Å². The van der Waals surface area contributed by atoms with Crippen LogP contribution in [0.25, 0.3) is 0 Å². The van der Waals surface area contributed by atoms with E-state index in [0.717, 1.165) is 11.4 Å². The number of hydrogen-bond donors (Lipinski definition) is 2. The molecule has 1 aromatic heterocycles. The summed E-state index contributed by atoms with van der Waals surface area (Å²) in [7, 11) is -1.37. The number of ketones is 1. The lowest BCUT2D eigenvalue weighted by atomic mass is 10.1. The van der Waals surface area contributed by atoms with Crippen molar-refractivity contribution in [1.82, 2.24) is 4.98 Å². The fourth-order valence-corrected chi connectivity index (χ4v) is 3.18. The molecule has 0 fully saturated rings. The number of nitrogens with zero attached hydrogens (tertiary/aromatic N) is 1. The SMILES string of the molecule is CC(=O)c1ccc(NS(=O)c2ccc(NCc3ccccn3)cc2)cc1. The third-order valence-electron chi connectivity index (χ3n) is 3.77. The molecule has 0 aliphatic rings. The maximum Gasteiger partial charge on any atom is 0.159 e. The van der Waals surface area contributed by atoms with Crippen molar-refractivity contribution in [1.29, 1.82) is 0 Å². The molecule has 5 nitrogen and oxygen atoms in total. The molecule has 0 aliphatic heterocycles. The summed E-state index contributed by atoms with van der Waals surface area (Å²) in [5.74, 6) is 0.00599. The zero-order valence-corrected chi connectivity index (χ0v) is 15.1. The highest BCUT2D eigenvalue weighted by molar-refractivity contribution is 7.86. The van der Waals surface area contributed by atoms with Crippen LogP contribution in [0.5, 0.6) is 0 Å². The predicted molar refractivity (Wildman–Crippen MR) is 104 cm³/mol. The van der Waals surface area contributed by atoms with Gasteiger partial charge in [-0.3, -0.25) is 9.78 Å². The largest absolute Gasteiger partial charge is 0.379 e. The molecule has 26 heavy (non-hydrogen) atoms. The van der Waals surface area contributed by atoms with Crippen LogP contribution in [0.2, 0.25) is 0 Å².